The number of halogens is 1. The van der Waals surface area contributed by atoms with E-state index in [9.17, 15) is 14.0 Å². The van der Waals surface area contributed by atoms with Crippen LogP contribution in [0.5, 0.6) is 11.5 Å². The number of carbonyl (C=O) groups is 2. The molecule has 2 aliphatic heterocycles. The first-order valence-corrected chi connectivity index (χ1v) is 11.8. The molecule has 34 heavy (non-hydrogen) atoms. The van der Waals surface area contributed by atoms with Crippen molar-refractivity contribution in [1.82, 2.24) is 4.90 Å². The molecule has 0 radical (unpaired) electrons. The Hall–Kier alpha value is -3.52. The van der Waals surface area contributed by atoms with Crippen LogP contribution in [0.1, 0.15) is 21.5 Å². The standard InChI is InChI=1S/C26H23FN2O4S/c1-32-19-8-5-7-17(14-19)24(30)29-12-13-34-26(29)21-15-20(33-2)10-11-23(21)28(25(26)31)16-18-6-3-4-9-22(18)27/h3-11,14-15H,12-13,16H2,1-2H3. The molecule has 2 aliphatic rings. The second-order valence-electron chi connectivity index (χ2n) is 8.05. The summed E-state index contributed by atoms with van der Waals surface area (Å²) in [5.74, 6) is 0.824. The molecule has 1 atom stereocenters. The molecule has 1 fully saturated rings. The summed E-state index contributed by atoms with van der Waals surface area (Å²) in [7, 11) is 3.10. The van der Waals surface area contributed by atoms with Gasteiger partial charge in [-0.05, 0) is 42.5 Å². The molecule has 1 saturated heterocycles. The molecule has 0 N–H and O–H groups in total. The minimum absolute atomic E-state index is 0.0638. The summed E-state index contributed by atoms with van der Waals surface area (Å²) >= 11 is 1.42. The van der Waals surface area contributed by atoms with Gasteiger partial charge in [-0.15, -0.1) is 11.8 Å². The van der Waals surface area contributed by atoms with Gasteiger partial charge in [0.05, 0.1) is 26.5 Å². The number of ether oxygens (including phenoxy) is 2. The number of nitrogens with zero attached hydrogens (tertiary/aromatic N) is 2. The molecule has 8 heteroatoms. The first-order valence-electron chi connectivity index (χ1n) is 10.8. The average Bonchev–Trinajstić information content (AvgIpc) is 3.41. The van der Waals surface area contributed by atoms with Gasteiger partial charge in [0, 0.05) is 29.0 Å². The van der Waals surface area contributed by atoms with Crippen LogP contribution < -0.4 is 14.4 Å². The minimum atomic E-state index is -1.25. The molecule has 1 spiro atoms. The maximum Gasteiger partial charge on any atom is 0.268 e. The van der Waals surface area contributed by atoms with Gasteiger partial charge in [0.25, 0.3) is 11.8 Å². The Morgan fingerprint density at radius 3 is 2.56 bits per heavy atom. The molecule has 5 rings (SSSR count). The molecular weight excluding hydrogens is 455 g/mol. The topological polar surface area (TPSA) is 59.1 Å². The van der Waals surface area contributed by atoms with Crippen LogP contribution >= 0.6 is 11.8 Å². The molecule has 3 aromatic rings. The lowest BCUT2D eigenvalue weighted by Crippen LogP contribution is -2.50. The van der Waals surface area contributed by atoms with E-state index in [1.807, 2.05) is 0 Å². The number of hydrogen-bond acceptors (Lipinski definition) is 5. The van der Waals surface area contributed by atoms with Crippen molar-refractivity contribution < 1.29 is 23.5 Å². The van der Waals surface area contributed by atoms with Crippen LogP contribution in [0.2, 0.25) is 0 Å². The molecule has 0 aliphatic carbocycles. The van der Waals surface area contributed by atoms with Gasteiger partial charge in [-0.2, -0.15) is 0 Å². The summed E-state index contributed by atoms with van der Waals surface area (Å²) < 4.78 is 25.2. The normalized spacial score (nSPS) is 19.0. The van der Waals surface area contributed by atoms with Crippen molar-refractivity contribution in [3.63, 3.8) is 0 Å². The van der Waals surface area contributed by atoms with Gasteiger partial charge in [-0.3, -0.25) is 9.59 Å². The highest BCUT2D eigenvalue weighted by molar-refractivity contribution is 8.01. The summed E-state index contributed by atoms with van der Waals surface area (Å²) in [6, 6.07) is 18.7. The minimum Gasteiger partial charge on any atom is -0.497 e. The highest BCUT2D eigenvalue weighted by atomic mass is 32.2. The molecule has 0 aromatic heterocycles. The van der Waals surface area contributed by atoms with E-state index in [4.69, 9.17) is 9.47 Å². The first kappa shape index (κ1) is 22.3. The number of anilines is 1. The van der Waals surface area contributed by atoms with Crippen LogP contribution in [0.25, 0.3) is 0 Å². The molecule has 174 valence electrons. The fourth-order valence-corrected chi connectivity index (χ4v) is 6.04. The van der Waals surface area contributed by atoms with Gasteiger partial charge < -0.3 is 19.3 Å². The third kappa shape index (κ3) is 3.40. The highest BCUT2D eigenvalue weighted by Gasteiger charge is 2.59. The third-order valence-corrected chi connectivity index (χ3v) is 7.67. The summed E-state index contributed by atoms with van der Waals surface area (Å²) in [4.78, 5) is 29.7. The van der Waals surface area contributed by atoms with Crippen molar-refractivity contribution in [2.75, 3.05) is 31.4 Å². The molecule has 2 heterocycles. The number of thioether (sulfide) groups is 1. The summed E-state index contributed by atoms with van der Waals surface area (Å²) in [6.45, 7) is 0.463. The first-order chi connectivity index (χ1) is 16.5. The second kappa shape index (κ2) is 8.68. The monoisotopic (exact) mass is 478 g/mol. The van der Waals surface area contributed by atoms with E-state index in [0.717, 1.165) is 0 Å². The van der Waals surface area contributed by atoms with E-state index < -0.39 is 4.87 Å². The number of benzene rings is 3. The molecule has 1 unspecified atom stereocenters. The van der Waals surface area contributed by atoms with Crippen LogP contribution in [-0.4, -0.2) is 43.2 Å². The Bertz CT molecular complexity index is 1280. The Morgan fingerprint density at radius 2 is 1.79 bits per heavy atom. The summed E-state index contributed by atoms with van der Waals surface area (Å²) in [5.41, 5.74) is 2.16. The predicted octanol–water partition coefficient (Wildman–Crippen LogP) is 4.43. The van der Waals surface area contributed by atoms with Crippen molar-refractivity contribution in [2.24, 2.45) is 0 Å². The lowest BCUT2D eigenvalue weighted by molar-refractivity contribution is -0.123. The van der Waals surface area contributed by atoms with E-state index in [0.29, 0.717) is 46.2 Å². The van der Waals surface area contributed by atoms with Crippen molar-refractivity contribution in [3.05, 3.63) is 89.2 Å². The Balaban J connectivity index is 1.61. The smallest absolute Gasteiger partial charge is 0.268 e. The van der Waals surface area contributed by atoms with Crippen LogP contribution in [-0.2, 0) is 16.2 Å². The Labute approximate surface area is 201 Å². The SMILES string of the molecule is COc1cccc(C(=O)N2CCSC23C(=O)N(Cc2ccccc2F)c2ccc(OC)cc23)c1. The van der Waals surface area contributed by atoms with Gasteiger partial charge in [-0.25, -0.2) is 4.39 Å². The van der Waals surface area contributed by atoms with E-state index in [1.165, 1.54) is 17.8 Å². The van der Waals surface area contributed by atoms with E-state index in [2.05, 4.69) is 0 Å². The molecule has 2 amide bonds. The van der Waals surface area contributed by atoms with E-state index in [-0.39, 0.29) is 24.2 Å². The zero-order valence-electron chi connectivity index (χ0n) is 18.8. The van der Waals surface area contributed by atoms with Crippen molar-refractivity contribution in [1.29, 1.82) is 0 Å². The van der Waals surface area contributed by atoms with Crippen molar-refractivity contribution in [3.8, 4) is 11.5 Å². The molecule has 6 nitrogen and oxygen atoms in total. The fraction of sp³-hybridized carbons (Fsp3) is 0.231. The van der Waals surface area contributed by atoms with Gasteiger partial charge in [0.1, 0.15) is 17.3 Å². The van der Waals surface area contributed by atoms with Gasteiger partial charge in [-0.1, -0.05) is 24.3 Å². The van der Waals surface area contributed by atoms with Gasteiger partial charge in [0.2, 0.25) is 0 Å². The Kier molecular flexibility index (Phi) is 5.69. The highest BCUT2D eigenvalue weighted by Crippen LogP contribution is 2.55. The molecule has 0 bridgehead atoms. The van der Waals surface area contributed by atoms with Crippen LogP contribution in [0.3, 0.4) is 0 Å². The Morgan fingerprint density at radius 1 is 1.03 bits per heavy atom. The number of rotatable bonds is 5. The van der Waals surface area contributed by atoms with Crippen LogP contribution in [0, 0.1) is 5.82 Å². The number of methoxy groups -OCH3 is 2. The number of carbonyl (C=O) groups excluding carboxylic acids is 2. The zero-order valence-corrected chi connectivity index (χ0v) is 19.6. The van der Waals surface area contributed by atoms with E-state index >= 15 is 0 Å². The number of fused-ring (bicyclic) bond motifs is 2. The summed E-state index contributed by atoms with van der Waals surface area (Å²) in [5, 5.41) is 0. The number of hydrogen-bond donors (Lipinski definition) is 0. The maximum atomic E-state index is 14.5. The third-order valence-electron chi connectivity index (χ3n) is 6.25. The van der Waals surface area contributed by atoms with Crippen LogP contribution in [0.15, 0.2) is 66.7 Å². The maximum absolute atomic E-state index is 14.5. The molecule has 0 saturated carbocycles. The van der Waals surface area contributed by atoms with Gasteiger partial charge in [0.15, 0.2) is 4.87 Å². The predicted molar refractivity (Wildman–Crippen MR) is 129 cm³/mol. The quantitative estimate of drug-likeness (QED) is 0.543. The lowest BCUT2D eigenvalue weighted by Gasteiger charge is -2.33. The van der Waals surface area contributed by atoms with E-state index in [1.54, 1.807) is 84.7 Å². The molecular formula is C26H23FN2O4S. The number of amides is 2. The van der Waals surface area contributed by atoms with Gasteiger partial charge >= 0.3 is 0 Å². The largest absolute Gasteiger partial charge is 0.497 e. The second-order valence-corrected chi connectivity index (χ2v) is 9.33. The summed E-state index contributed by atoms with van der Waals surface area (Å²) in [6.07, 6.45) is 0. The lowest BCUT2D eigenvalue weighted by atomic mass is 10.0. The van der Waals surface area contributed by atoms with Crippen molar-refractivity contribution in [2.45, 2.75) is 11.4 Å². The fourth-order valence-electron chi connectivity index (χ4n) is 4.59. The van der Waals surface area contributed by atoms with Crippen molar-refractivity contribution >= 4 is 29.3 Å². The average molecular weight is 479 g/mol. The zero-order chi connectivity index (χ0) is 23.9. The van der Waals surface area contributed by atoms with Crippen LogP contribution in [0.4, 0.5) is 10.1 Å². The molecule has 3 aromatic carbocycles.